The van der Waals surface area contributed by atoms with Crippen LogP contribution in [0.5, 0.6) is 5.75 Å². The number of aromatic nitrogens is 1. The van der Waals surface area contributed by atoms with Crippen molar-refractivity contribution in [1.82, 2.24) is 14.8 Å². The Hall–Kier alpha value is -3.27. The summed E-state index contributed by atoms with van der Waals surface area (Å²) in [5, 5.41) is 13.0. The minimum Gasteiger partial charge on any atom is -0.503 e. The number of ether oxygens (including phenoxy) is 1. The van der Waals surface area contributed by atoms with Crippen molar-refractivity contribution in [2.24, 2.45) is 0 Å². The Morgan fingerprint density at radius 1 is 1.29 bits per heavy atom. The Balaban J connectivity index is 1.75. The van der Waals surface area contributed by atoms with Crippen molar-refractivity contribution in [2.75, 3.05) is 13.7 Å². The summed E-state index contributed by atoms with van der Waals surface area (Å²) < 4.78 is 35.5. The average molecular weight is 475 g/mol. The van der Waals surface area contributed by atoms with E-state index < -0.39 is 58.4 Å². The number of hydrogen-bond acceptors (Lipinski definition) is 5. The molecule has 3 heterocycles. The molecular formula is C24H27F2N3O5. The molecular weight excluding hydrogens is 448 g/mol. The number of fused-ring (bicyclic) bond motifs is 4. The van der Waals surface area contributed by atoms with Gasteiger partial charge in [-0.2, -0.15) is 0 Å². The van der Waals surface area contributed by atoms with Gasteiger partial charge in [-0.25, -0.2) is 8.78 Å². The fourth-order valence-electron chi connectivity index (χ4n) is 4.82. The van der Waals surface area contributed by atoms with Gasteiger partial charge in [-0.1, -0.05) is 0 Å². The average Bonchev–Trinajstić information content (AvgIpc) is 2.89. The van der Waals surface area contributed by atoms with Gasteiger partial charge in [0, 0.05) is 38.0 Å². The number of hydrogen-bond donors (Lipinski definition) is 2. The van der Waals surface area contributed by atoms with Crippen molar-refractivity contribution in [2.45, 2.75) is 57.8 Å². The summed E-state index contributed by atoms with van der Waals surface area (Å²) in [7, 11) is 1.55. The maximum absolute atomic E-state index is 14.2. The predicted octanol–water partition coefficient (Wildman–Crippen LogP) is 2.65. The maximum atomic E-state index is 14.2. The number of rotatable bonds is 4. The molecule has 8 nitrogen and oxygen atoms in total. The van der Waals surface area contributed by atoms with Crippen LogP contribution in [0.15, 0.2) is 23.1 Å². The number of carbonyl (C=O) groups excluding carboxylic acids is 2. The zero-order valence-corrected chi connectivity index (χ0v) is 19.4. The molecule has 0 radical (unpaired) electrons. The summed E-state index contributed by atoms with van der Waals surface area (Å²) in [6.45, 7) is 5.09. The Morgan fingerprint density at radius 3 is 2.56 bits per heavy atom. The molecule has 3 atom stereocenters. The highest BCUT2D eigenvalue weighted by molar-refractivity contribution is 5.99. The molecule has 0 unspecified atom stereocenters. The molecule has 2 N–H and O–H groups in total. The maximum Gasteiger partial charge on any atom is 0.274 e. The van der Waals surface area contributed by atoms with Crippen molar-refractivity contribution < 1.29 is 28.2 Å². The van der Waals surface area contributed by atoms with Crippen LogP contribution in [0, 0.1) is 18.6 Å². The van der Waals surface area contributed by atoms with Crippen LogP contribution in [0.2, 0.25) is 0 Å². The van der Waals surface area contributed by atoms with Crippen LogP contribution in [-0.4, -0.2) is 51.7 Å². The molecule has 2 aliphatic heterocycles. The number of pyridine rings is 1. The number of nitrogens with zero attached hydrogens (tertiary/aromatic N) is 2. The largest absolute Gasteiger partial charge is 0.503 e. The standard InChI is InChI=1S/C24H27F2N3O5/c1-12-7-16(25)14(17(26)8-12)9-27-22(32)15-10-29-18-11-28(13(2)5-6-24(18,3)34-4)23(33)19(29)21(31)20(15)30/h7-8,10,13,18,31H,5-6,9,11H2,1-4H3,(H,27,32)/t13-,18+,24-/m0/s1. The molecule has 2 aromatic rings. The normalized spacial score (nSPS) is 23.9. The Kier molecular flexibility index (Phi) is 5.97. The molecule has 4 rings (SSSR count). The number of amides is 2. The van der Waals surface area contributed by atoms with Crippen molar-refractivity contribution in [3.8, 4) is 5.75 Å². The van der Waals surface area contributed by atoms with E-state index in [0.29, 0.717) is 18.4 Å². The van der Waals surface area contributed by atoms with Gasteiger partial charge in [0.1, 0.15) is 17.2 Å². The highest BCUT2D eigenvalue weighted by Crippen LogP contribution is 2.41. The number of benzene rings is 1. The molecule has 1 fully saturated rings. The summed E-state index contributed by atoms with van der Waals surface area (Å²) in [6, 6.07) is 1.68. The van der Waals surface area contributed by atoms with Gasteiger partial charge >= 0.3 is 0 Å². The molecule has 2 bridgehead atoms. The van der Waals surface area contributed by atoms with Crippen LogP contribution in [0.1, 0.15) is 64.7 Å². The van der Waals surface area contributed by atoms with Gasteiger partial charge in [0.15, 0.2) is 11.4 Å². The van der Waals surface area contributed by atoms with Gasteiger partial charge in [0.25, 0.3) is 11.8 Å². The molecule has 1 aromatic carbocycles. The zero-order chi connectivity index (χ0) is 24.9. The molecule has 34 heavy (non-hydrogen) atoms. The third kappa shape index (κ3) is 3.75. The van der Waals surface area contributed by atoms with Crippen LogP contribution in [0.4, 0.5) is 8.78 Å². The molecule has 0 aliphatic carbocycles. The van der Waals surface area contributed by atoms with Gasteiger partial charge < -0.3 is 24.6 Å². The Labute approximate surface area is 195 Å². The minimum atomic E-state index is -1.03. The van der Waals surface area contributed by atoms with Gasteiger partial charge in [0.2, 0.25) is 5.43 Å². The van der Waals surface area contributed by atoms with E-state index in [-0.39, 0.29) is 23.8 Å². The van der Waals surface area contributed by atoms with E-state index in [9.17, 15) is 28.3 Å². The first kappa shape index (κ1) is 23.9. The highest BCUT2D eigenvalue weighted by atomic mass is 19.1. The monoisotopic (exact) mass is 475 g/mol. The van der Waals surface area contributed by atoms with Crippen molar-refractivity contribution in [3.05, 3.63) is 62.6 Å². The van der Waals surface area contributed by atoms with Crippen molar-refractivity contribution >= 4 is 11.8 Å². The van der Waals surface area contributed by atoms with Crippen molar-refractivity contribution in [3.63, 3.8) is 0 Å². The molecule has 0 spiro atoms. The zero-order valence-electron chi connectivity index (χ0n) is 19.4. The lowest BCUT2D eigenvalue weighted by atomic mass is 9.90. The second kappa shape index (κ2) is 8.50. The molecule has 2 amide bonds. The van der Waals surface area contributed by atoms with E-state index in [2.05, 4.69) is 5.32 Å². The molecule has 2 aliphatic rings. The van der Waals surface area contributed by atoms with Crippen LogP contribution < -0.4 is 10.7 Å². The summed E-state index contributed by atoms with van der Waals surface area (Å²) in [6.07, 6.45) is 2.49. The number of carbonyl (C=O) groups is 2. The lowest BCUT2D eigenvalue weighted by Gasteiger charge is -2.42. The molecule has 1 aromatic heterocycles. The van der Waals surface area contributed by atoms with Gasteiger partial charge in [-0.05, 0) is 51.3 Å². The van der Waals surface area contributed by atoms with E-state index in [1.165, 1.54) is 17.7 Å². The van der Waals surface area contributed by atoms with Gasteiger partial charge in [-0.3, -0.25) is 14.4 Å². The first-order chi connectivity index (χ1) is 16.0. The summed E-state index contributed by atoms with van der Waals surface area (Å²) in [5.41, 5.74) is -2.37. The van der Waals surface area contributed by atoms with Gasteiger partial charge in [-0.15, -0.1) is 0 Å². The first-order valence-corrected chi connectivity index (χ1v) is 11.1. The van der Waals surface area contributed by atoms with Gasteiger partial charge in [0.05, 0.1) is 11.6 Å². The molecule has 10 heteroatoms. The Morgan fingerprint density at radius 2 is 1.94 bits per heavy atom. The van der Waals surface area contributed by atoms with E-state index in [4.69, 9.17) is 4.74 Å². The fourth-order valence-corrected chi connectivity index (χ4v) is 4.82. The lowest BCUT2D eigenvalue weighted by Crippen LogP contribution is -2.52. The molecule has 182 valence electrons. The third-order valence-corrected chi connectivity index (χ3v) is 7.10. The second-order valence-corrected chi connectivity index (χ2v) is 9.24. The minimum absolute atomic E-state index is 0.127. The number of nitrogens with one attached hydrogen (secondary N) is 1. The third-order valence-electron chi connectivity index (χ3n) is 7.10. The number of aromatic hydroxyl groups is 1. The van der Waals surface area contributed by atoms with E-state index >= 15 is 0 Å². The summed E-state index contributed by atoms with van der Waals surface area (Å²) in [5.74, 6) is -3.91. The van der Waals surface area contributed by atoms with Crippen LogP contribution in [0.3, 0.4) is 0 Å². The first-order valence-electron chi connectivity index (χ1n) is 11.1. The van der Waals surface area contributed by atoms with E-state index in [1.807, 2.05) is 13.8 Å². The lowest BCUT2D eigenvalue weighted by molar-refractivity contribution is -0.0462. The van der Waals surface area contributed by atoms with Crippen molar-refractivity contribution in [1.29, 1.82) is 0 Å². The van der Waals surface area contributed by atoms with Crippen LogP contribution in [-0.2, 0) is 11.3 Å². The summed E-state index contributed by atoms with van der Waals surface area (Å²) >= 11 is 0. The topological polar surface area (TPSA) is 101 Å². The van der Waals surface area contributed by atoms with Crippen LogP contribution in [0.25, 0.3) is 0 Å². The number of methoxy groups -OCH3 is 1. The fraction of sp³-hybridized carbons (Fsp3) is 0.458. The quantitative estimate of drug-likeness (QED) is 0.708. The number of aryl methyl sites for hydroxylation is 1. The highest BCUT2D eigenvalue weighted by Gasteiger charge is 2.47. The second-order valence-electron chi connectivity index (χ2n) is 9.24. The molecule has 0 saturated carbocycles. The predicted molar refractivity (Wildman–Crippen MR) is 119 cm³/mol. The van der Waals surface area contributed by atoms with E-state index in [1.54, 1.807) is 12.0 Å². The van der Waals surface area contributed by atoms with Crippen LogP contribution >= 0.6 is 0 Å². The summed E-state index contributed by atoms with van der Waals surface area (Å²) in [4.78, 5) is 40.5. The van der Waals surface area contributed by atoms with E-state index in [0.717, 1.165) is 12.1 Å². The number of halogens is 2. The molecule has 1 saturated heterocycles. The smallest absolute Gasteiger partial charge is 0.274 e. The SMILES string of the molecule is CO[C@@]1(C)CC[C@H](C)N2C[C@H]1n1cc(C(=O)NCc3c(F)cc(C)cc3F)c(=O)c(O)c1C2=O. The Bertz CT molecular complexity index is 1220.